The first-order chi connectivity index (χ1) is 8.19. The highest BCUT2D eigenvalue weighted by Crippen LogP contribution is 2.47. The number of fused-ring (bicyclic) bond motifs is 1. The number of rotatable bonds is 4. The summed E-state index contributed by atoms with van der Waals surface area (Å²) in [4.78, 5) is 0. The maximum atomic E-state index is 9.99. The molecule has 0 amide bonds. The molecule has 1 atom stereocenters. The average molecular weight is 260 g/mol. The molecule has 2 N–H and O–H groups in total. The van der Waals surface area contributed by atoms with Crippen molar-refractivity contribution in [3.8, 4) is 17.2 Å². The van der Waals surface area contributed by atoms with Gasteiger partial charge in [-0.2, -0.15) is 0 Å². The Labute approximate surface area is 104 Å². The van der Waals surface area contributed by atoms with Gasteiger partial charge in [-0.1, -0.05) is 11.6 Å². The molecule has 0 fully saturated rings. The van der Waals surface area contributed by atoms with E-state index in [0.717, 1.165) is 0 Å². The van der Waals surface area contributed by atoms with Gasteiger partial charge in [0.15, 0.2) is 11.5 Å². The molecule has 1 aromatic rings. The zero-order valence-corrected chi connectivity index (χ0v) is 10.4. The molecular weight excluding hydrogens is 246 g/mol. The van der Waals surface area contributed by atoms with E-state index < -0.39 is 6.10 Å². The number of hydrogen-bond donors (Lipinski definition) is 2. The molecule has 2 rings (SSSR count). The van der Waals surface area contributed by atoms with E-state index in [1.807, 2.05) is 0 Å². The fraction of sp³-hybridized carbons (Fsp3) is 0.455. The molecule has 1 aliphatic heterocycles. The van der Waals surface area contributed by atoms with Crippen molar-refractivity contribution in [2.75, 3.05) is 27.5 Å². The van der Waals surface area contributed by atoms with Gasteiger partial charge >= 0.3 is 0 Å². The second-order valence-electron chi connectivity index (χ2n) is 3.62. The van der Waals surface area contributed by atoms with Crippen molar-refractivity contribution in [3.63, 3.8) is 0 Å². The van der Waals surface area contributed by atoms with Crippen LogP contribution in [0.25, 0.3) is 0 Å². The van der Waals surface area contributed by atoms with Gasteiger partial charge in [0.25, 0.3) is 0 Å². The van der Waals surface area contributed by atoms with Crippen molar-refractivity contribution in [2.45, 2.75) is 6.10 Å². The molecular formula is C11H14ClNO4. The van der Waals surface area contributed by atoms with Gasteiger partial charge in [0.1, 0.15) is 10.8 Å². The predicted molar refractivity (Wildman–Crippen MR) is 63.0 cm³/mol. The Morgan fingerprint density at radius 1 is 1.59 bits per heavy atom. The normalized spacial score (nSPS) is 14.8. The molecule has 0 bridgehead atoms. The Bertz CT molecular complexity index is 424. The van der Waals surface area contributed by atoms with Crippen LogP contribution in [0.2, 0.25) is 5.02 Å². The Balaban J connectivity index is 2.47. The Hall–Kier alpha value is -1.17. The number of aliphatic hydroxyl groups excluding tert-OH is 1. The highest BCUT2D eigenvalue weighted by Gasteiger charge is 2.26. The first-order valence-corrected chi connectivity index (χ1v) is 5.55. The summed E-state index contributed by atoms with van der Waals surface area (Å²) in [6.45, 7) is 0.524. The van der Waals surface area contributed by atoms with E-state index in [1.165, 1.54) is 7.11 Å². The van der Waals surface area contributed by atoms with Crippen molar-refractivity contribution >= 4 is 11.6 Å². The summed E-state index contributed by atoms with van der Waals surface area (Å²) in [6.07, 6.45) is -0.720. The summed E-state index contributed by atoms with van der Waals surface area (Å²) in [5.74, 6) is 1.41. The lowest BCUT2D eigenvalue weighted by Gasteiger charge is -2.16. The van der Waals surface area contributed by atoms with Crippen LogP contribution in [0.3, 0.4) is 0 Å². The molecule has 1 aliphatic rings. The molecule has 6 heteroatoms. The Kier molecular flexibility index (Phi) is 3.61. The van der Waals surface area contributed by atoms with Crippen molar-refractivity contribution in [1.29, 1.82) is 0 Å². The molecule has 94 valence electrons. The van der Waals surface area contributed by atoms with E-state index in [0.29, 0.717) is 34.4 Å². The first-order valence-electron chi connectivity index (χ1n) is 5.17. The van der Waals surface area contributed by atoms with E-state index in [4.69, 9.17) is 25.8 Å². The summed E-state index contributed by atoms with van der Waals surface area (Å²) in [6, 6.07) is 1.69. The van der Waals surface area contributed by atoms with E-state index in [1.54, 1.807) is 13.1 Å². The van der Waals surface area contributed by atoms with Gasteiger partial charge in [-0.15, -0.1) is 0 Å². The highest BCUT2D eigenvalue weighted by molar-refractivity contribution is 6.34. The number of nitrogens with one attached hydrogen (secondary N) is 1. The molecule has 0 saturated carbocycles. The van der Waals surface area contributed by atoms with E-state index in [9.17, 15) is 5.11 Å². The fourth-order valence-corrected chi connectivity index (χ4v) is 2.10. The third kappa shape index (κ3) is 2.13. The SMILES string of the molecule is CNCC(O)c1cc2c(c(Cl)c1OC)OCO2. The van der Waals surface area contributed by atoms with Gasteiger partial charge < -0.3 is 24.6 Å². The molecule has 1 aromatic carbocycles. The molecule has 5 nitrogen and oxygen atoms in total. The lowest BCUT2D eigenvalue weighted by molar-refractivity contribution is 0.170. The largest absolute Gasteiger partial charge is 0.495 e. The minimum Gasteiger partial charge on any atom is -0.495 e. The van der Waals surface area contributed by atoms with Gasteiger partial charge in [0, 0.05) is 12.1 Å². The monoisotopic (exact) mass is 259 g/mol. The van der Waals surface area contributed by atoms with Crippen LogP contribution in [-0.2, 0) is 0 Å². The van der Waals surface area contributed by atoms with Crippen LogP contribution in [-0.4, -0.2) is 32.6 Å². The maximum Gasteiger partial charge on any atom is 0.231 e. The van der Waals surface area contributed by atoms with E-state index in [-0.39, 0.29) is 6.79 Å². The smallest absolute Gasteiger partial charge is 0.231 e. The molecule has 0 spiro atoms. The minimum absolute atomic E-state index is 0.129. The quantitative estimate of drug-likeness (QED) is 0.854. The molecule has 0 saturated heterocycles. The predicted octanol–water partition coefficient (Wildman–Crippen LogP) is 1.33. The first kappa shape index (κ1) is 12.3. The van der Waals surface area contributed by atoms with E-state index >= 15 is 0 Å². The average Bonchev–Trinajstić information content (AvgIpc) is 2.77. The molecule has 1 heterocycles. The van der Waals surface area contributed by atoms with Gasteiger partial charge in [-0.05, 0) is 13.1 Å². The fourth-order valence-electron chi connectivity index (χ4n) is 1.76. The number of methoxy groups -OCH3 is 1. The summed E-state index contributed by atoms with van der Waals surface area (Å²) in [5.41, 5.74) is 0.580. The van der Waals surface area contributed by atoms with Gasteiger partial charge in [-0.3, -0.25) is 0 Å². The number of aliphatic hydroxyl groups is 1. The van der Waals surface area contributed by atoms with Crippen molar-refractivity contribution < 1.29 is 19.3 Å². The Morgan fingerprint density at radius 2 is 2.35 bits per heavy atom. The standard InChI is InChI=1S/C11H14ClNO4/c1-13-4-7(14)6-3-8-11(17-5-16-8)9(12)10(6)15-2/h3,7,13-14H,4-5H2,1-2H3. The third-order valence-electron chi connectivity index (χ3n) is 2.55. The number of ether oxygens (including phenoxy) is 3. The number of hydrogen-bond acceptors (Lipinski definition) is 5. The second kappa shape index (κ2) is 5.00. The summed E-state index contributed by atoms with van der Waals surface area (Å²) in [5, 5.41) is 13.2. The van der Waals surface area contributed by atoms with Gasteiger partial charge in [0.2, 0.25) is 6.79 Å². The minimum atomic E-state index is -0.720. The zero-order chi connectivity index (χ0) is 12.4. The third-order valence-corrected chi connectivity index (χ3v) is 2.89. The molecule has 0 aliphatic carbocycles. The molecule has 1 unspecified atom stereocenters. The summed E-state index contributed by atoms with van der Waals surface area (Å²) >= 11 is 6.14. The van der Waals surface area contributed by atoms with E-state index in [2.05, 4.69) is 5.32 Å². The van der Waals surface area contributed by atoms with Crippen molar-refractivity contribution in [2.24, 2.45) is 0 Å². The van der Waals surface area contributed by atoms with Crippen molar-refractivity contribution in [3.05, 3.63) is 16.7 Å². The molecule has 17 heavy (non-hydrogen) atoms. The van der Waals surface area contributed by atoms with Gasteiger partial charge in [0.05, 0.1) is 13.2 Å². The van der Waals surface area contributed by atoms with Crippen LogP contribution >= 0.6 is 11.6 Å². The maximum absolute atomic E-state index is 9.99. The van der Waals surface area contributed by atoms with Crippen LogP contribution in [0.4, 0.5) is 0 Å². The van der Waals surface area contributed by atoms with Crippen LogP contribution in [0.1, 0.15) is 11.7 Å². The summed E-state index contributed by atoms with van der Waals surface area (Å²) < 4.78 is 15.7. The van der Waals surface area contributed by atoms with Crippen LogP contribution in [0, 0.1) is 0 Å². The van der Waals surface area contributed by atoms with Crippen molar-refractivity contribution in [1.82, 2.24) is 5.32 Å². The summed E-state index contributed by atoms with van der Waals surface area (Å²) in [7, 11) is 3.25. The van der Waals surface area contributed by atoms with Crippen LogP contribution < -0.4 is 19.5 Å². The number of benzene rings is 1. The topological polar surface area (TPSA) is 60.0 Å². The Morgan fingerprint density at radius 3 is 3.00 bits per heavy atom. The van der Waals surface area contributed by atoms with Crippen LogP contribution in [0.5, 0.6) is 17.2 Å². The number of likely N-dealkylation sites (N-methyl/N-ethyl adjacent to an activating group) is 1. The van der Waals surface area contributed by atoms with Gasteiger partial charge in [-0.25, -0.2) is 0 Å². The zero-order valence-electron chi connectivity index (χ0n) is 9.62. The second-order valence-corrected chi connectivity index (χ2v) is 4.00. The number of halogens is 1. The van der Waals surface area contributed by atoms with Crippen LogP contribution in [0.15, 0.2) is 6.07 Å². The molecule has 0 radical (unpaired) electrons. The lowest BCUT2D eigenvalue weighted by atomic mass is 10.1. The molecule has 0 aromatic heterocycles. The lowest BCUT2D eigenvalue weighted by Crippen LogP contribution is -2.17. The highest BCUT2D eigenvalue weighted by atomic mass is 35.5.